The minimum Gasteiger partial charge on any atom is -0.398 e. The van der Waals surface area contributed by atoms with E-state index in [4.69, 9.17) is 5.73 Å². The Hall–Kier alpha value is -2.50. The number of hydrogen-bond acceptors (Lipinski definition) is 2. The summed E-state index contributed by atoms with van der Waals surface area (Å²) < 4.78 is 39.4. The van der Waals surface area contributed by atoms with E-state index in [1.807, 2.05) is 0 Å². The van der Waals surface area contributed by atoms with Crippen molar-refractivity contribution in [1.82, 2.24) is 0 Å². The van der Waals surface area contributed by atoms with Gasteiger partial charge in [0.1, 0.15) is 0 Å². The number of hydrogen-bond donors (Lipinski definition) is 2. The van der Waals surface area contributed by atoms with Crippen molar-refractivity contribution in [2.75, 3.05) is 11.1 Å². The van der Waals surface area contributed by atoms with E-state index in [0.29, 0.717) is 23.0 Å². The van der Waals surface area contributed by atoms with Crippen LogP contribution in [0.25, 0.3) is 0 Å². The number of amides is 1. The molecule has 0 aromatic heterocycles. The number of nitrogens with one attached hydrogen (secondary N) is 1. The summed E-state index contributed by atoms with van der Waals surface area (Å²) >= 11 is 0. The van der Waals surface area contributed by atoms with Crippen LogP contribution in [0.5, 0.6) is 0 Å². The lowest BCUT2D eigenvalue weighted by Crippen LogP contribution is -2.16. The molecule has 0 aliphatic carbocycles. The van der Waals surface area contributed by atoms with Crippen LogP contribution in [0, 0.1) is 24.4 Å². The lowest BCUT2D eigenvalue weighted by Gasteiger charge is -2.10. The molecule has 0 unspecified atom stereocenters. The zero-order valence-corrected chi connectivity index (χ0v) is 10.5. The Balaban J connectivity index is 2.34. The maximum atomic E-state index is 13.5. The smallest absolute Gasteiger partial charge is 0.258 e. The molecule has 104 valence electrons. The van der Waals surface area contributed by atoms with Gasteiger partial charge in [-0.1, -0.05) is 6.07 Å². The third-order valence-corrected chi connectivity index (χ3v) is 2.90. The highest BCUT2D eigenvalue weighted by molar-refractivity contribution is 6.05. The first-order valence-corrected chi connectivity index (χ1v) is 5.71. The fourth-order valence-corrected chi connectivity index (χ4v) is 1.68. The number of carbonyl (C=O) groups is 1. The third kappa shape index (κ3) is 2.45. The van der Waals surface area contributed by atoms with Crippen molar-refractivity contribution in [2.24, 2.45) is 0 Å². The summed E-state index contributed by atoms with van der Waals surface area (Å²) in [6.45, 7) is 1.67. The van der Waals surface area contributed by atoms with Gasteiger partial charge in [0.05, 0.1) is 5.56 Å². The molecule has 20 heavy (non-hydrogen) atoms. The molecule has 0 saturated carbocycles. The van der Waals surface area contributed by atoms with E-state index in [0.717, 1.165) is 6.07 Å². The molecule has 0 heterocycles. The Labute approximate surface area is 113 Å². The molecule has 1 amide bonds. The van der Waals surface area contributed by atoms with Gasteiger partial charge in [0.25, 0.3) is 5.91 Å². The Kier molecular flexibility index (Phi) is 3.65. The molecule has 6 heteroatoms. The standard InChI is InChI=1S/C14H11F3N2O/c1-7-10(18)3-2-4-11(7)19-14(20)8-5-6-9(15)13(17)12(8)16/h2-6H,18H2,1H3,(H,19,20). The molecule has 2 aromatic rings. The second kappa shape index (κ2) is 5.24. The van der Waals surface area contributed by atoms with Crippen molar-refractivity contribution in [1.29, 1.82) is 0 Å². The van der Waals surface area contributed by atoms with Gasteiger partial charge >= 0.3 is 0 Å². The van der Waals surface area contributed by atoms with E-state index < -0.39 is 28.9 Å². The lowest BCUT2D eigenvalue weighted by atomic mass is 10.1. The summed E-state index contributed by atoms with van der Waals surface area (Å²) in [5, 5.41) is 2.41. The van der Waals surface area contributed by atoms with Gasteiger partial charge < -0.3 is 11.1 Å². The zero-order valence-electron chi connectivity index (χ0n) is 10.5. The monoisotopic (exact) mass is 280 g/mol. The van der Waals surface area contributed by atoms with Crippen molar-refractivity contribution < 1.29 is 18.0 Å². The summed E-state index contributed by atoms with van der Waals surface area (Å²) in [4.78, 5) is 11.9. The largest absolute Gasteiger partial charge is 0.398 e. The third-order valence-electron chi connectivity index (χ3n) is 2.90. The second-order valence-electron chi connectivity index (χ2n) is 4.20. The molecule has 0 atom stereocenters. The van der Waals surface area contributed by atoms with Gasteiger partial charge in [-0.3, -0.25) is 4.79 Å². The molecule has 0 aliphatic rings. The van der Waals surface area contributed by atoms with Crippen molar-refractivity contribution >= 4 is 17.3 Å². The first-order valence-electron chi connectivity index (χ1n) is 5.71. The molecule has 3 nitrogen and oxygen atoms in total. The minimum absolute atomic E-state index is 0.374. The van der Waals surface area contributed by atoms with Gasteiger partial charge in [-0.25, -0.2) is 13.2 Å². The lowest BCUT2D eigenvalue weighted by molar-refractivity contribution is 0.102. The molecule has 0 bridgehead atoms. The molecule has 0 spiro atoms. The molecule has 0 fully saturated rings. The molecule has 2 rings (SSSR count). The first kappa shape index (κ1) is 13.9. The van der Waals surface area contributed by atoms with Crippen LogP contribution in [0.3, 0.4) is 0 Å². The SMILES string of the molecule is Cc1c(N)cccc1NC(=O)c1ccc(F)c(F)c1F. The average molecular weight is 280 g/mol. The minimum atomic E-state index is -1.68. The van der Waals surface area contributed by atoms with Crippen LogP contribution in [0.2, 0.25) is 0 Å². The van der Waals surface area contributed by atoms with Crippen molar-refractivity contribution in [3.05, 3.63) is 58.9 Å². The van der Waals surface area contributed by atoms with Crippen LogP contribution < -0.4 is 11.1 Å². The second-order valence-corrected chi connectivity index (χ2v) is 4.20. The van der Waals surface area contributed by atoms with Gasteiger partial charge in [0.15, 0.2) is 17.5 Å². The summed E-state index contributed by atoms with van der Waals surface area (Å²) in [6, 6.07) is 6.40. The maximum Gasteiger partial charge on any atom is 0.258 e. The number of anilines is 2. The fourth-order valence-electron chi connectivity index (χ4n) is 1.68. The number of rotatable bonds is 2. The highest BCUT2D eigenvalue weighted by Crippen LogP contribution is 2.22. The van der Waals surface area contributed by atoms with Crippen molar-refractivity contribution in [3.63, 3.8) is 0 Å². The molecular formula is C14H11F3N2O. The predicted octanol–water partition coefficient (Wildman–Crippen LogP) is 3.25. The Morgan fingerprint density at radius 1 is 1.10 bits per heavy atom. The van der Waals surface area contributed by atoms with E-state index in [9.17, 15) is 18.0 Å². The van der Waals surface area contributed by atoms with Gasteiger partial charge in [0, 0.05) is 11.4 Å². The van der Waals surface area contributed by atoms with Crippen LogP contribution in [-0.4, -0.2) is 5.91 Å². The number of nitrogens with two attached hydrogens (primary N) is 1. The number of halogens is 3. The Morgan fingerprint density at radius 2 is 1.80 bits per heavy atom. The molecule has 2 aromatic carbocycles. The van der Waals surface area contributed by atoms with Crippen molar-refractivity contribution in [2.45, 2.75) is 6.92 Å². The van der Waals surface area contributed by atoms with Crippen LogP contribution in [-0.2, 0) is 0 Å². The summed E-state index contributed by atoms with van der Waals surface area (Å²) in [5.41, 5.74) is 6.52. The van der Waals surface area contributed by atoms with Gasteiger partial charge in [0.2, 0.25) is 0 Å². The maximum absolute atomic E-state index is 13.5. The molecule has 0 aliphatic heterocycles. The van der Waals surface area contributed by atoms with E-state index in [1.165, 1.54) is 0 Å². The van der Waals surface area contributed by atoms with E-state index in [-0.39, 0.29) is 0 Å². The zero-order chi connectivity index (χ0) is 14.9. The van der Waals surface area contributed by atoms with Gasteiger partial charge in [-0.05, 0) is 36.8 Å². The van der Waals surface area contributed by atoms with Crippen LogP contribution >= 0.6 is 0 Å². The summed E-state index contributed by atoms with van der Waals surface area (Å²) in [6.07, 6.45) is 0. The van der Waals surface area contributed by atoms with E-state index in [2.05, 4.69) is 5.32 Å². The summed E-state index contributed by atoms with van der Waals surface area (Å²) in [5.74, 6) is -5.43. The van der Waals surface area contributed by atoms with Gasteiger partial charge in [-0.2, -0.15) is 0 Å². The average Bonchev–Trinajstić information content (AvgIpc) is 2.41. The number of carbonyl (C=O) groups excluding carboxylic acids is 1. The molecule has 0 saturated heterocycles. The van der Waals surface area contributed by atoms with Crippen LogP contribution in [0.1, 0.15) is 15.9 Å². The van der Waals surface area contributed by atoms with Crippen molar-refractivity contribution in [3.8, 4) is 0 Å². The fraction of sp³-hybridized carbons (Fsp3) is 0.0714. The topological polar surface area (TPSA) is 55.1 Å². The first-order chi connectivity index (χ1) is 9.41. The normalized spacial score (nSPS) is 10.4. The molecule has 3 N–H and O–H groups in total. The number of nitrogen functional groups attached to an aromatic ring is 1. The van der Waals surface area contributed by atoms with Crippen LogP contribution in [0.4, 0.5) is 24.5 Å². The highest BCUT2D eigenvalue weighted by Gasteiger charge is 2.19. The quantitative estimate of drug-likeness (QED) is 0.655. The molecular weight excluding hydrogens is 269 g/mol. The predicted molar refractivity (Wildman–Crippen MR) is 69.9 cm³/mol. The van der Waals surface area contributed by atoms with E-state index in [1.54, 1.807) is 25.1 Å². The van der Waals surface area contributed by atoms with E-state index >= 15 is 0 Å². The Bertz CT molecular complexity index is 686. The molecule has 0 radical (unpaired) electrons. The Morgan fingerprint density at radius 3 is 2.50 bits per heavy atom. The highest BCUT2D eigenvalue weighted by atomic mass is 19.2. The van der Waals surface area contributed by atoms with Crippen LogP contribution in [0.15, 0.2) is 30.3 Å². The van der Waals surface area contributed by atoms with Gasteiger partial charge in [-0.15, -0.1) is 0 Å². The number of benzene rings is 2. The summed E-state index contributed by atoms with van der Waals surface area (Å²) in [7, 11) is 0.